The van der Waals surface area contributed by atoms with Crippen molar-refractivity contribution in [2.45, 2.75) is 68.2 Å². The van der Waals surface area contributed by atoms with E-state index >= 15 is 0 Å². The fraction of sp³-hybridized carbons (Fsp3) is 0.400. The highest BCUT2D eigenvalue weighted by molar-refractivity contribution is 7.80. The highest BCUT2D eigenvalue weighted by atomic mass is 32.1. The lowest BCUT2D eigenvalue weighted by molar-refractivity contribution is 0.499. The van der Waals surface area contributed by atoms with Gasteiger partial charge in [0, 0.05) is 10.6 Å². The van der Waals surface area contributed by atoms with E-state index < -0.39 is 0 Å². The van der Waals surface area contributed by atoms with Crippen molar-refractivity contribution in [3.8, 4) is 0 Å². The summed E-state index contributed by atoms with van der Waals surface area (Å²) in [5, 5.41) is 0. The lowest BCUT2D eigenvalue weighted by atomic mass is 9.87. The van der Waals surface area contributed by atoms with Gasteiger partial charge < -0.3 is 0 Å². The number of nitrogens with zero attached hydrogens (tertiary/aromatic N) is 1. The number of thiocarbonyl (C=S) groups is 1. The number of benzene rings is 2. The summed E-state index contributed by atoms with van der Waals surface area (Å²) in [6.07, 6.45) is 4.29. The molecule has 1 aliphatic rings. The van der Waals surface area contributed by atoms with Crippen molar-refractivity contribution in [3.63, 3.8) is 0 Å². The van der Waals surface area contributed by atoms with Crippen LogP contribution in [0.3, 0.4) is 0 Å². The average molecular weight is 448 g/mol. The molecular weight excluding hydrogens is 406 g/mol. The Morgan fingerprint density at radius 3 is 1.81 bits per heavy atom. The molecule has 2 heteroatoms. The van der Waals surface area contributed by atoms with Gasteiger partial charge in [-0.1, -0.05) is 106 Å². The number of allylic oxidation sites excluding steroid dienone is 2. The smallest absolute Gasteiger partial charge is 0.0611 e. The zero-order valence-electron chi connectivity index (χ0n) is 21.4. The van der Waals surface area contributed by atoms with E-state index in [4.69, 9.17) is 12.2 Å². The van der Waals surface area contributed by atoms with Gasteiger partial charge in [-0.3, -0.25) is 4.99 Å². The maximum atomic E-state index is 5.04. The summed E-state index contributed by atoms with van der Waals surface area (Å²) in [5.74, 6) is 0. The van der Waals surface area contributed by atoms with Crippen LogP contribution < -0.4 is 0 Å². The molecule has 0 saturated carbocycles. The Labute approximate surface area is 202 Å². The van der Waals surface area contributed by atoms with Gasteiger partial charge in [0.25, 0.3) is 0 Å². The maximum absolute atomic E-state index is 5.04. The molecule has 1 heterocycles. The SMILES string of the molecule is C=C(C)Cc1ccc(C)cc1.CC1=NCC(C(C)(C)C)=C1.CCc1ccc(C(C)=S)cc1. The third kappa shape index (κ3) is 10.8. The summed E-state index contributed by atoms with van der Waals surface area (Å²) in [5.41, 5.74) is 9.34. The second kappa shape index (κ2) is 13.3. The molecule has 0 spiro atoms. The van der Waals surface area contributed by atoms with Gasteiger partial charge in [0.15, 0.2) is 0 Å². The molecular formula is C30H41NS. The van der Waals surface area contributed by atoms with Gasteiger partial charge in [-0.25, -0.2) is 0 Å². The van der Waals surface area contributed by atoms with Gasteiger partial charge in [0.2, 0.25) is 0 Å². The summed E-state index contributed by atoms with van der Waals surface area (Å²) in [7, 11) is 0. The minimum absolute atomic E-state index is 0.307. The molecule has 172 valence electrons. The molecule has 0 aliphatic carbocycles. The standard InChI is InChI=1S/C11H14.C10H12S.C9H15N/c1-9(2)8-11-6-4-10(3)5-7-11;1-3-9-4-6-10(7-5-9)8(2)11;1-7-5-8(6-10-7)9(2,3)4/h4-7H,1,8H2,2-3H3;4-7H,3H2,1-2H3;5H,6H2,1-4H3. The van der Waals surface area contributed by atoms with Crippen molar-refractivity contribution >= 4 is 22.8 Å². The Balaban J connectivity index is 0.000000240. The van der Waals surface area contributed by atoms with Crippen molar-refractivity contribution in [2.75, 3.05) is 6.54 Å². The topological polar surface area (TPSA) is 12.4 Å². The average Bonchev–Trinajstić information content (AvgIpc) is 3.17. The van der Waals surface area contributed by atoms with Crippen molar-refractivity contribution in [1.82, 2.24) is 0 Å². The Hall–Kier alpha value is -2.32. The molecule has 0 atom stereocenters. The Kier molecular flexibility index (Phi) is 11.5. The molecule has 0 saturated heterocycles. The van der Waals surface area contributed by atoms with Crippen LogP contribution in [0.25, 0.3) is 0 Å². The normalized spacial score (nSPS) is 12.5. The number of aliphatic imine (C=N–C) groups is 1. The first-order valence-corrected chi connectivity index (χ1v) is 11.8. The monoisotopic (exact) mass is 447 g/mol. The van der Waals surface area contributed by atoms with Crippen LogP contribution in [0.2, 0.25) is 0 Å². The summed E-state index contributed by atoms with van der Waals surface area (Å²) in [6, 6.07) is 17.0. The highest BCUT2D eigenvalue weighted by Gasteiger charge is 2.18. The van der Waals surface area contributed by atoms with Crippen LogP contribution in [0.4, 0.5) is 0 Å². The lowest BCUT2D eigenvalue weighted by Gasteiger charge is -2.18. The third-order valence-electron chi connectivity index (χ3n) is 5.24. The largest absolute Gasteiger partial charge is 0.286 e. The quantitative estimate of drug-likeness (QED) is 0.260. The van der Waals surface area contributed by atoms with Crippen LogP contribution in [0.15, 0.2) is 77.3 Å². The van der Waals surface area contributed by atoms with Gasteiger partial charge in [-0.2, -0.15) is 0 Å². The zero-order valence-corrected chi connectivity index (χ0v) is 22.2. The fourth-order valence-electron chi connectivity index (χ4n) is 3.04. The van der Waals surface area contributed by atoms with E-state index in [9.17, 15) is 0 Å². The first-order chi connectivity index (χ1) is 14.9. The number of hydrogen-bond donors (Lipinski definition) is 0. The Bertz CT molecular complexity index is 936. The first kappa shape index (κ1) is 27.7. The summed E-state index contributed by atoms with van der Waals surface area (Å²) < 4.78 is 0. The molecule has 0 fully saturated rings. The minimum atomic E-state index is 0.307. The van der Waals surface area contributed by atoms with Gasteiger partial charge in [0.1, 0.15) is 0 Å². The highest BCUT2D eigenvalue weighted by Crippen LogP contribution is 2.27. The molecule has 0 radical (unpaired) electrons. The lowest BCUT2D eigenvalue weighted by Crippen LogP contribution is -2.09. The van der Waals surface area contributed by atoms with Crippen LogP contribution in [0, 0.1) is 12.3 Å². The molecule has 0 amide bonds. The van der Waals surface area contributed by atoms with Crippen LogP contribution in [0.1, 0.15) is 70.7 Å². The van der Waals surface area contributed by atoms with E-state index in [1.165, 1.54) is 33.5 Å². The van der Waals surface area contributed by atoms with Gasteiger partial charge in [-0.05, 0) is 74.3 Å². The van der Waals surface area contributed by atoms with Crippen LogP contribution in [-0.2, 0) is 12.8 Å². The zero-order chi connectivity index (χ0) is 24.3. The van der Waals surface area contributed by atoms with Crippen LogP contribution in [-0.4, -0.2) is 17.1 Å². The van der Waals surface area contributed by atoms with Gasteiger partial charge >= 0.3 is 0 Å². The molecule has 32 heavy (non-hydrogen) atoms. The summed E-state index contributed by atoms with van der Waals surface area (Å²) >= 11 is 5.04. The second-order valence-electron chi connectivity index (χ2n) is 9.60. The van der Waals surface area contributed by atoms with Gasteiger partial charge in [0.05, 0.1) is 6.54 Å². The molecule has 1 aliphatic heterocycles. The van der Waals surface area contributed by atoms with Crippen LogP contribution >= 0.6 is 12.2 Å². The molecule has 0 N–H and O–H groups in total. The van der Waals surface area contributed by atoms with E-state index in [1.807, 2.05) is 6.92 Å². The summed E-state index contributed by atoms with van der Waals surface area (Å²) in [6.45, 7) is 21.8. The molecule has 3 rings (SSSR count). The second-order valence-corrected chi connectivity index (χ2v) is 10.2. The molecule has 1 nitrogen and oxygen atoms in total. The van der Waals surface area contributed by atoms with E-state index in [1.54, 1.807) is 0 Å². The van der Waals surface area contributed by atoms with Crippen molar-refractivity contribution in [2.24, 2.45) is 10.4 Å². The van der Waals surface area contributed by atoms with Crippen molar-refractivity contribution in [1.29, 1.82) is 0 Å². The van der Waals surface area contributed by atoms with E-state index in [-0.39, 0.29) is 0 Å². The minimum Gasteiger partial charge on any atom is -0.286 e. The molecule has 2 aromatic carbocycles. The van der Waals surface area contributed by atoms with E-state index in [2.05, 4.69) is 115 Å². The first-order valence-electron chi connectivity index (χ1n) is 11.4. The maximum Gasteiger partial charge on any atom is 0.0611 e. The predicted molar refractivity (Wildman–Crippen MR) is 148 cm³/mol. The molecule has 0 unspecified atom stereocenters. The molecule has 0 bridgehead atoms. The van der Waals surface area contributed by atoms with Crippen molar-refractivity contribution in [3.05, 3.63) is 94.6 Å². The van der Waals surface area contributed by atoms with E-state index in [0.717, 1.165) is 29.8 Å². The Morgan fingerprint density at radius 1 is 0.938 bits per heavy atom. The number of aryl methyl sites for hydroxylation is 2. The third-order valence-corrected chi connectivity index (χ3v) is 5.48. The number of hydrogen-bond acceptors (Lipinski definition) is 2. The summed E-state index contributed by atoms with van der Waals surface area (Å²) in [4.78, 5) is 5.27. The predicted octanol–water partition coefficient (Wildman–Crippen LogP) is 8.53. The van der Waals surface area contributed by atoms with E-state index in [0.29, 0.717) is 5.41 Å². The Morgan fingerprint density at radius 2 is 1.47 bits per heavy atom. The number of rotatable bonds is 4. The molecule has 2 aromatic rings. The molecule has 0 aromatic heterocycles. The van der Waals surface area contributed by atoms with Crippen molar-refractivity contribution < 1.29 is 0 Å². The fourth-order valence-corrected chi connectivity index (χ4v) is 3.17. The van der Waals surface area contributed by atoms with Gasteiger partial charge in [-0.15, -0.1) is 0 Å². The van der Waals surface area contributed by atoms with Crippen LogP contribution in [0.5, 0.6) is 0 Å².